The van der Waals surface area contributed by atoms with Gasteiger partial charge in [0.2, 0.25) is 54.6 Å². The van der Waals surface area contributed by atoms with Gasteiger partial charge in [0.15, 0.2) is 84.5 Å². The molecule has 3 fully saturated rings. The second kappa shape index (κ2) is 47.1. The number of hydrogen-bond donors (Lipinski definition) is 2. The standard InChI is InChI=1S/C36H40F4N2O7S.C33H35F4N3O6S.C30H30F4N2O5S/c1-22-29(37)31(39)33(32(40)30(22)38)50(46,47)41(5)20-28(43)42(19-23-11-13-25(14-12-23)24-9-7-6-8-10-24)27-17-15-26(16-18-27)34(44)48-21-49-35(45)36(2,3)4;1-4-46-33(43)32(42)38-24-14-16-25(17-15-24)40(18-21-10-12-23(13-11-21)22-8-6-5-7-9-22)26(41)19-39(3)47(44,45)31-29(36)27(34)20(2)28(35)30(31)37;1-18-25(31)27(33)29(28(34)26(18)32)42(40,41)35(2)17-24(37)36(23-14-12-22(13-15-23)30(38)39)16-19-8-10-21(11-9-19)20-6-4-3-5-7-20/h11-18,24H,6-10,19-21H2,1-5H3;10-17,22H,4-9,18-19H2,1-3H3,(H,38,42);8-15,20H,3-7,16-17H2,1-2H3,(H,38,39). The lowest BCUT2D eigenvalue weighted by molar-refractivity contribution is -0.161. The number of carboxylic acids is 1. The molecule has 0 unspecified atom stereocenters. The minimum absolute atomic E-state index is 0.00113. The minimum atomic E-state index is -5.25. The van der Waals surface area contributed by atoms with E-state index in [2.05, 4.69) is 10.1 Å². The highest BCUT2D eigenvalue weighted by Gasteiger charge is 2.41. The lowest BCUT2D eigenvalue weighted by Gasteiger charge is -2.27. The van der Waals surface area contributed by atoms with Gasteiger partial charge in [-0.3, -0.25) is 24.0 Å². The van der Waals surface area contributed by atoms with Crippen LogP contribution in [0.5, 0.6) is 0 Å². The molecule has 0 bridgehead atoms. The molecule has 0 heterocycles. The number of aromatic carboxylic acids is 1. The topological polar surface area (TPSA) is 318 Å². The van der Waals surface area contributed by atoms with Crippen LogP contribution in [0.15, 0.2) is 160 Å². The van der Waals surface area contributed by atoms with E-state index < -0.39 is 211 Å². The summed E-state index contributed by atoms with van der Waals surface area (Å²) in [4.78, 5) is 98.6. The molecule has 9 aromatic carbocycles. The van der Waals surface area contributed by atoms with E-state index in [1.54, 1.807) is 27.7 Å². The second-order valence-electron chi connectivity index (χ2n) is 34.9. The molecule has 0 radical (unpaired) electrons. The Kier molecular flexibility index (Phi) is 36.8. The van der Waals surface area contributed by atoms with Crippen LogP contribution in [0.4, 0.5) is 75.4 Å². The van der Waals surface area contributed by atoms with Crippen molar-refractivity contribution in [3.05, 3.63) is 277 Å². The SMILES string of the molecule is CCOC(=O)C(=O)Nc1ccc(N(Cc2ccc(C3CCCCC3)cc2)C(=O)CN(C)S(=O)(=O)c2c(F)c(F)c(C)c(F)c2F)cc1.Cc1c(F)c(F)c(S(=O)(=O)N(C)CC(=O)N(Cc2ccc(C3CCCCC3)cc2)c2ccc(C(=O)O)cc2)c(F)c1F.Cc1c(F)c(F)c(S(=O)(=O)N(C)CC(=O)N(Cc2ccc(C3CCCCC3)cc2)c2ccc(C(=O)OCOC(=O)C(C)(C)C)cc2)c(F)c1F. The van der Waals surface area contributed by atoms with Crippen molar-refractivity contribution in [3.8, 4) is 0 Å². The van der Waals surface area contributed by atoms with Crippen molar-refractivity contribution in [2.45, 2.75) is 197 Å². The number of nitrogens with one attached hydrogen (secondary N) is 1. The first-order chi connectivity index (χ1) is 65.5. The summed E-state index contributed by atoms with van der Waals surface area (Å²) in [5, 5.41) is 11.6. The maximum Gasteiger partial charge on any atom is 0.397 e. The van der Waals surface area contributed by atoms with Gasteiger partial charge in [0, 0.05) is 60.6 Å². The summed E-state index contributed by atoms with van der Waals surface area (Å²) in [6.07, 6.45) is 17.0. The molecule has 25 nitrogen and oxygen atoms in total. The molecule has 0 atom stereocenters. The Balaban J connectivity index is 0.000000216. The van der Waals surface area contributed by atoms with Crippen molar-refractivity contribution in [1.29, 1.82) is 0 Å². The van der Waals surface area contributed by atoms with Crippen molar-refractivity contribution < 1.29 is 136 Å². The smallest absolute Gasteiger partial charge is 0.397 e. The van der Waals surface area contributed by atoms with Gasteiger partial charge in [-0.2, -0.15) is 12.9 Å². The quantitative estimate of drug-likeness (QED) is 0.0139. The lowest BCUT2D eigenvalue weighted by atomic mass is 9.84. The molecule has 0 aromatic heterocycles. The average molecular weight is 2010 g/mol. The number of likely N-dealkylation sites (N-methyl/N-ethyl adjacent to an activating group) is 3. The molecule has 0 saturated heterocycles. The molecule has 9 aromatic rings. The zero-order chi connectivity index (χ0) is 102. The zero-order valence-electron chi connectivity index (χ0n) is 77.7. The highest BCUT2D eigenvalue weighted by Crippen LogP contribution is 2.40. The van der Waals surface area contributed by atoms with Gasteiger partial charge in [0.25, 0.3) is 0 Å². The van der Waals surface area contributed by atoms with Gasteiger partial charge in [0.1, 0.15) is 0 Å². The van der Waals surface area contributed by atoms with Crippen LogP contribution in [0.25, 0.3) is 0 Å². The fourth-order valence-electron chi connectivity index (χ4n) is 16.0. The Hall–Kier alpha value is -12.4. The van der Waals surface area contributed by atoms with E-state index in [0.717, 1.165) is 125 Å². The fourth-order valence-corrected chi connectivity index (χ4v) is 19.7. The summed E-state index contributed by atoms with van der Waals surface area (Å²) < 4.78 is 267. The van der Waals surface area contributed by atoms with E-state index in [9.17, 15) is 121 Å². The number of nitrogens with zero attached hydrogens (tertiary/aromatic N) is 6. The van der Waals surface area contributed by atoms with Gasteiger partial charge in [-0.05, 0) is 211 Å². The number of hydrogen-bond acceptors (Lipinski definition) is 17. The summed E-state index contributed by atoms with van der Waals surface area (Å²) in [5.41, 5.74) is 2.58. The monoisotopic (exact) mass is 2000 g/mol. The average Bonchev–Trinajstić information content (AvgIpc) is 0.763. The third-order valence-corrected chi connectivity index (χ3v) is 29.7. The van der Waals surface area contributed by atoms with Gasteiger partial charge in [0.05, 0.1) is 62.4 Å². The van der Waals surface area contributed by atoms with Gasteiger partial charge in [-0.25, -0.2) is 92.3 Å². The van der Waals surface area contributed by atoms with E-state index in [4.69, 9.17) is 9.47 Å². The number of carboxylic acid groups (broad SMARTS) is 1. The fraction of sp³-hybridized carbons (Fsp3) is 0.374. The molecular weight excluding hydrogens is 1900 g/mol. The number of amides is 4. The molecule has 12 rings (SSSR count). The van der Waals surface area contributed by atoms with Crippen LogP contribution in [0.1, 0.15) is 213 Å². The molecule has 40 heteroatoms. The first-order valence-corrected chi connectivity index (χ1v) is 48.7. The van der Waals surface area contributed by atoms with Crippen LogP contribution in [0, 0.1) is 96.0 Å². The van der Waals surface area contributed by atoms with Crippen LogP contribution in [-0.4, -0.2) is 145 Å². The van der Waals surface area contributed by atoms with E-state index in [0.29, 0.717) is 47.4 Å². The van der Waals surface area contributed by atoms with Crippen molar-refractivity contribution in [1.82, 2.24) is 12.9 Å². The first kappa shape index (κ1) is 109. The lowest BCUT2D eigenvalue weighted by Crippen LogP contribution is -2.41. The van der Waals surface area contributed by atoms with Crippen LogP contribution in [-0.2, 0) is 92.7 Å². The van der Waals surface area contributed by atoms with E-state index in [-0.39, 0.29) is 60.1 Å². The van der Waals surface area contributed by atoms with Crippen LogP contribution in [0.3, 0.4) is 0 Å². The summed E-state index contributed by atoms with van der Waals surface area (Å²) in [5.74, 6) is -29.7. The van der Waals surface area contributed by atoms with E-state index in [1.165, 1.54) is 118 Å². The molecule has 2 N–H and O–H groups in total. The molecular formula is C99H105F12N7O18S3. The number of anilines is 4. The van der Waals surface area contributed by atoms with Gasteiger partial charge in [-0.15, -0.1) is 0 Å². The summed E-state index contributed by atoms with van der Waals surface area (Å²) in [6, 6.07) is 39.4. The van der Waals surface area contributed by atoms with Crippen LogP contribution in [0.2, 0.25) is 0 Å². The van der Waals surface area contributed by atoms with E-state index >= 15 is 0 Å². The predicted molar refractivity (Wildman–Crippen MR) is 490 cm³/mol. The molecule has 746 valence electrons. The molecule has 0 spiro atoms. The Morgan fingerprint density at radius 1 is 0.367 bits per heavy atom. The number of rotatable bonds is 30. The first-order valence-electron chi connectivity index (χ1n) is 44.4. The molecule has 3 saturated carbocycles. The zero-order valence-corrected chi connectivity index (χ0v) is 80.1. The Bertz CT molecular complexity index is 6300. The number of sulfonamides is 3. The molecule has 4 amide bonds. The maximum absolute atomic E-state index is 14.7. The Morgan fingerprint density at radius 2 is 0.633 bits per heavy atom. The normalized spacial score (nSPS) is 14.0. The summed E-state index contributed by atoms with van der Waals surface area (Å²) >= 11 is 0. The number of halogens is 12. The Labute approximate surface area is 797 Å². The number of esters is 3. The third kappa shape index (κ3) is 26.2. The van der Waals surface area contributed by atoms with Crippen LogP contribution >= 0.6 is 0 Å². The van der Waals surface area contributed by atoms with Crippen molar-refractivity contribution >= 4 is 100 Å². The van der Waals surface area contributed by atoms with Crippen molar-refractivity contribution in [3.63, 3.8) is 0 Å². The molecule has 0 aliphatic heterocycles. The van der Waals surface area contributed by atoms with Crippen molar-refractivity contribution in [2.75, 3.05) is 74.2 Å². The van der Waals surface area contributed by atoms with Gasteiger partial charge < -0.3 is 39.3 Å². The number of carbonyl (C=O) groups excluding carboxylic acids is 7. The van der Waals surface area contributed by atoms with E-state index in [1.807, 2.05) is 72.8 Å². The maximum atomic E-state index is 14.7. The summed E-state index contributed by atoms with van der Waals surface area (Å²) in [6.45, 7) is 5.08. The molecule has 3 aliphatic carbocycles. The highest BCUT2D eigenvalue weighted by molar-refractivity contribution is 7.89. The summed E-state index contributed by atoms with van der Waals surface area (Å²) in [7, 11) is -13.1. The van der Waals surface area contributed by atoms with Crippen molar-refractivity contribution in [2.24, 2.45) is 5.41 Å². The second-order valence-corrected chi connectivity index (χ2v) is 40.9. The number of ether oxygens (including phenoxy) is 3. The largest absolute Gasteiger partial charge is 0.478 e. The highest BCUT2D eigenvalue weighted by atomic mass is 32.2. The number of benzene rings is 9. The van der Waals surface area contributed by atoms with Crippen LogP contribution < -0.4 is 20.0 Å². The minimum Gasteiger partial charge on any atom is -0.478 e. The van der Waals surface area contributed by atoms with Gasteiger partial charge >= 0.3 is 29.8 Å². The Morgan fingerprint density at radius 3 is 0.892 bits per heavy atom. The molecule has 139 heavy (non-hydrogen) atoms. The number of carbonyl (C=O) groups is 8. The third-order valence-electron chi connectivity index (χ3n) is 24.2. The molecule has 3 aliphatic rings. The predicted octanol–water partition coefficient (Wildman–Crippen LogP) is 19.3. The van der Waals surface area contributed by atoms with Gasteiger partial charge in [-0.1, -0.05) is 131 Å².